The van der Waals surface area contributed by atoms with Crippen LogP contribution >= 0.6 is 0 Å². The maximum absolute atomic E-state index is 12.0. The average molecular weight is 285 g/mol. The molecule has 1 heterocycles. The molecule has 0 radical (unpaired) electrons. The highest BCUT2D eigenvalue weighted by Crippen LogP contribution is 2.21. The Morgan fingerprint density at radius 2 is 2.00 bits per heavy atom. The van der Waals surface area contributed by atoms with Crippen LogP contribution in [0.2, 0.25) is 0 Å². The number of nitrogens with zero attached hydrogens (tertiary/aromatic N) is 2. The maximum Gasteiger partial charge on any atom is 0.344 e. The zero-order valence-corrected chi connectivity index (χ0v) is 11.8. The molecule has 1 aromatic heterocycles. The van der Waals surface area contributed by atoms with Crippen molar-refractivity contribution in [3.63, 3.8) is 0 Å². The summed E-state index contributed by atoms with van der Waals surface area (Å²) in [5.74, 6) is 0.0239. The van der Waals surface area contributed by atoms with E-state index in [1.54, 1.807) is 13.8 Å². The molecule has 0 bridgehead atoms. The Morgan fingerprint density at radius 1 is 1.29 bits per heavy atom. The number of hydrogen-bond donors (Lipinski definition) is 1. The number of anilines is 2. The standard InChI is InChI=1S/C15H15N3O3/c1-3-21-15(20)13-12(9-19)16-10(2)17-14(13)18-11-7-5-4-6-8-11/h4-9H,3H2,1-2H3,(H,16,17,18). The highest BCUT2D eigenvalue weighted by molar-refractivity contribution is 6.02. The molecule has 2 aromatic rings. The lowest BCUT2D eigenvalue weighted by Gasteiger charge is -2.12. The second-order valence-electron chi connectivity index (χ2n) is 4.21. The molecule has 108 valence electrons. The van der Waals surface area contributed by atoms with E-state index in [2.05, 4.69) is 15.3 Å². The predicted octanol–water partition coefficient (Wildman–Crippen LogP) is 2.52. The molecule has 0 unspecified atom stereocenters. The van der Waals surface area contributed by atoms with E-state index < -0.39 is 5.97 Å². The Hall–Kier alpha value is -2.76. The van der Waals surface area contributed by atoms with Crippen LogP contribution in [0.25, 0.3) is 0 Å². The number of nitrogens with one attached hydrogen (secondary N) is 1. The Kier molecular flexibility index (Phi) is 4.61. The van der Waals surface area contributed by atoms with Crippen molar-refractivity contribution < 1.29 is 14.3 Å². The summed E-state index contributed by atoms with van der Waals surface area (Å²) < 4.78 is 4.97. The van der Waals surface area contributed by atoms with Gasteiger partial charge in [-0.05, 0) is 26.0 Å². The first-order valence-electron chi connectivity index (χ1n) is 6.48. The van der Waals surface area contributed by atoms with Crippen LogP contribution in [0.5, 0.6) is 0 Å². The molecule has 2 rings (SSSR count). The van der Waals surface area contributed by atoms with Gasteiger partial charge in [-0.15, -0.1) is 0 Å². The minimum atomic E-state index is -0.627. The number of hydrogen-bond acceptors (Lipinski definition) is 6. The summed E-state index contributed by atoms with van der Waals surface area (Å²) >= 11 is 0. The van der Waals surface area contributed by atoms with E-state index in [9.17, 15) is 9.59 Å². The van der Waals surface area contributed by atoms with Gasteiger partial charge in [-0.3, -0.25) is 4.79 Å². The molecule has 6 heteroatoms. The lowest BCUT2D eigenvalue weighted by Crippen LogP contribution is -2.15. The molecule has 0 atom stereocenters. The molecule has 0 aliphatic heterocycles. The van der Waals surface area contributed by atoms with Crippen molar-refractivity contribution in [2.45, 2.75) is 13.8 Å². The Balaban J connectivity index is 2.49. The Bertz CT molecular complexity index is 657. The van der Waals surface area contributed by atoms with E-state index in [0.29, 0.717) is 12.1 Å². The number of ether oxygens (including phenoxy) is 1. The number of esters is 1. The molecular weight excluding hydrogens is 270 g/mol. The summed E-state index contributed by atoms with van der Waals surface area (Å²) in [5, 5.41) is 3.02. The van der Waals surface area contributed by atoms with Crippen molar-refractivity contribution in [3.05, 3.63) is 47.4 Å². The number of aromatic nitrogens is 2. The fraction of sp³-hybridized carbons (Fsp3) is 0.200. The van der Waals surface area contributed by atoms with Crippen molar-refractivity contribution in [2.24, 2.45) is 0 Å². The third-order valence-corrected chi connectivity index (χ3v) is 2.68. The van der Waals surface area contributed by atoms with Crippen LogP contribution in [-0.4, -0.2) is 28.8 Å². The van der Waals surface area contributed by atoms with Gasteiger partial charge < -0.3 is 10.1 Å². The van der Waals surface area contributed by atoms with Crippen LogP contribution in [-0.2, 0) is 4.74 Å². The number of carbonyl (C=O) groups excluding carboxylic acids is 2. The summed E-state index contributed by atoms with van der Waals surface area (Å²) in [4.78, 5) is 31.4. The van der Waals surface area contributed by atoms with Gasteiger partial charge in [0.1, 0.15) is 22.9 Å². The smallest absolute Gasteiger partial charge is 0.344 e. The minimum Gasteiger partial charge on any atom is -0.462 e. The molecular formula is C15H15N3O3. The molecule has 0 amide bonds. The lowest BCUT2D eigenvalue weighted by molar-refractivity contribution is 0.0524. The van der Waals surface area contributed by atoms with E-state index in [-0.39, 0.29) is 23.7 Å². The molecule has 21 heavy (non-hydrogen) atoms. The van der Waals surface area contributed by atoms with Crippen LogP contribution in [0.3, 0.4) is 0 Å². The highest BCUT2D eigenvalue weighted by Gasteiger charge is 2.21. The fourth-order valence-electron chi connectivity index (χ4n) is 1.83. The van der Waals surface area contributed by atoms with E-state index in [4.69, 9.17) is 4.74 Å². The molecule has 0 fully saturated rings. The fourth-order valence-corrected chi connectivity index (χ4v) is 1.83. The summed E-state index contributed by atoms with van der Waals surface area (Å²) in [7, 11) is 0. The van der Waals surface area contributed by atoms with Gasteiger partial charge >= 0.3 is 5.97 Å². The Morgan fingerprint density at radius 3 is 2.62 bits per heavy atom. The molecule has 0 saturated carbocycles. The van der Waals surface area contributed by atoms with Crippen LogP contribution in [0, 0.1) is 6.92 Å². The number of rotatable bonds is 5. The first kappa shape index (κ1) is 14.6. The molecule has 1 N–H and O–H groups in total. The van der Waals surface area contributed by atoms with Crippen molar-refractivity contribution >= 4 is 23.8 Å². The van der Waals surface area contributed by atoms with Crippen molar-refractivity contribution in [3.8, 4) is 0 Å². The van der Waals surface area contributed by atoms with Gasteiger partial charge in [0.2, 0.25) is 0 Å². The van der Waals surface area contributed by atoms with Gasteiger partial charge in [-0.1, -0.05) is 18.2 Å². The molecule has 1 aromatic carbocycles. The Labute approximate surface area is 122 Å². The monoisotopic (exact) mass is 285 g/mol. The van der Waals surface area contributed by atoms with Gasteiger partial charge in [0.25, 0.3) is 0 Å². The van der Waals surface area contributed by atoms with Crippen LogP contribution in [0.4, 0.5) is 11.5 Å². The summed E-state index contributed by atoms with van der Waals surface area (Å²) in [6.07, 6.45) is 0.525. The van der Waals surface area contributed by atoms with E-state index in [1.165, 1.54) is 0 Å². The van der Waals surface area contributed by atoms with Gasteiger partial charge in [0, 0.05) is 5.69 Å². The largest absolute Gasteiger partial charge is 0.462 e. The quantitative estimate of drug-likeness (QED) is 0.671. The topological polar surface area (TPSA) is 81.2 Å². The highest BCUT2D eigenvalue weighted by atomic mass is 16.5. The molecule has 0 aliphatic carbocycles. The van der Waals surface area contributed by atoms with Crippen molar-refractivity contribution in [1.29, 1.82) is 0 Å². The maximum atomic E-state index is 12.0. The molecule has 0 saturated heterocycles. The van der Waals surface area contributed by atoms with E-state index in [1.807, 2.05) is 30.3 Å². The summed E-state index contributed by atoms with van der Waals surface area (Å²) in [5.41, 5.74) is 0.804. The average Bonchev–Trinajstić information content (AvgIpc) is 2.47. The van der Waals surface area contributed by atoms with Gasteiger partial charge in [-0.25, -0.2) is 14.8 Å². The second-order valence-corrected chi connectivity index (χ2v) is 4.21. The summed E-state index contributed by atoms with van der Waals surface area (Å²) in [6.45, 7) is 3.55. The van der Waals surface area contributed by atoms with Crippen molar-refractivity contribution in [1.82, 2.24) is 9.97 Å². The number of para-hydroxylation sites is 1. The van der Waals surface area contributed by atoms with Gasteiger partial charge in [0.05, 0.1) is 6.61 Å². The molecule has 6 nitrogen and oxygen atoms in total. The normalized spacial score (nSPS) is 10.0. The second kappa shape index (κ2) is 6.60. The summed E-state index contributed by atoms with van der Waals surface area (Å²) in [6, 6.07) is 9.22. The van der Waals surface area contributed by atoms with Gasteiger partial charge in [0.15, 0.2) is 6.29 Å². The van der Waals surface area contributed by atoms with Crippen LogP contribution < -0.4 is 5.32 Å². The number of benzene rings is 1. The van der Waals surface area contributed by atoms with Crippen LogP contribution in [0.1, 0.15) is 33.6 Å². The minimum absolute atomic E-state index is 0.0133. The predicted molar refractivity (Wildman–Crippen MR) is 77.8 cm³/mol. The third-order valence-electron chi connectivity index (χ3n) is 2.68. The number of carbonyl (C=O) groups is 2. The van der Waals surface area contributed by atoms with Crippen LogP contribution in [0.15, 0.2) is 30.3 Å². The molecule has 0 spiro atoms. The van der Waals surface area contributed by atoms with Gasteiger partial charge in [-0.2, -0.15) is 0 Å². The number of aryl methyl sites for hydroxylation is 1. The first-order valence-corrected chi connectivity index (χ1v) is 6.48. The van der Waals surface area contributed by atoms with Crippen molar-refractivity contribution in [2.75, 3.05) is 11.9 Å². The first-order chi connectivity index (χ1) is 10.2. The zero-order valence-electron chi connectivity index (χ0n) is 11.8. The lowest BCUT2D eigenvalue weighted by atomic mass is 10.2. The molecule has 0 aliphatic rings. The van der Waals surface area contributed by atoms with E-state index >= 15 is 0 Å². The number of aldehydes is 1. The SMILES string of the molecule is CCOC(=O)c1c(C=O)nc(C)nc1Nc1ccccc1. The third kappa shape index (κ3) is 3.42. The zero-order chi connectivity index (χ0) is 15.2. The van der Waals surface area contributed by atoms with E-state index in [0.717, 1.165) is 5.69 Å².